The fraction of sp³-hybridized carbons (Fsp3) is 0.480. The van der Waals surface area contributed by atoms with Crippen LogP contribution in [0.4, 0.5) is 5.69 Å². The van der Waals surface area contributed by atoms with Crippen LogP contribution in [-0.2, 0) is 4.79 Å². The molecule has 1 aliphatic heterocycles. The third-order valence-corrected chi connectivity index (χ3v) is 6.68. The van der Waals surface area contributed by atoms with Crippen molar-refractivity contribution in [2.75, 3.05) is 66.4 Å². The van der Waals surface area contributed by atoms with Gasteiger partial charge in [0.1, 0.15) is 16.7 Å². The van der Waals surface area contributed by atoms with Gasteiger partial charge in [-0.2, -0.15) is 0 Å². The van der Waals surface area contributed by atoms with Crippen LogP contribution in [0.5, 0.6) is 11.5 Å². The van der Waals surface area contributed by atoms with Crippen LogP contribution in [0.3, 0.4) is 0 Å². The highest BCUT2D eigenvalue weighted by molar-refractivity contribution is 8.00. The second-order valence-corrected chi connectivity index (χ2v) is 9.67. The number of ether oxygens (including phenoxy) is 2. The largest absolute Gasteiger partial charge is 0.497 e. The van der Waals surface area contributed by atoms with Gasteiger partial charge in [-0.25, -0.2) is 0 Å². The van der Waals surface area contributed by atoms with E-state index >= 15 is 0 Å². The Morgan fingerprint density at radius 3 is 2.44 bits per heavy atom. The minimum absolute atomic E-state index is 0.0962. The summed E-state index contributed by atoms with van der Waals surface area (Å²) in [7, 11) is 9.87. The molecule has 1 amide bonds. The molecule has 0 N–H and O–H groups in total. The summed E-state index contributed by atoms with van der Waals surface area (Å²) in [6.45, 7) is 3.18. The Hall–Kier alpha value is -2.22. The van der Waals surface area contributed by atoms with Crippen molar-refractivity contribution in [3.63, 3.8) is 0 Å². The van der Waals surface area contributed by atoms with Crippen molar-refractivity contribution >= 4 is 23.4 Å². The van der Waals surface area contributed by atoms with Gasteiger partial charge in [-0.1, -0.05) is 12.1 Å². The second kappa shape index (κ2) is 11.6. The first-order valence-corrected chi connectivity index (χ1v) is 12.0. The molecule has 3 rings (SSSR count). The van der Waals surface area contributed by atoms with Crippen LogP contribution in [0.15, 0.2) is 47.4 Å². The minimum atomic E-state index is -0.372. The number of hydrogen-bond acceptors (Lipinski definition) is 6. The van der Waals surface area contributed by atoms with Crippen LogP contribution < -0.4 is 14.4 Å². The van der Waals surface area contributed by atoms with Crippen LogP contribution >= 0.6 is 11.8 Å². The number of anilines is 1. The third-order valence-electron chi connectivity index (χ3n) is 5.38. The number of benzene rings is 2. The highest BCUT2D eigenvalue weighted by Gasteiger charge is 2.36. The Bertz CT molecular complexity index is 904. The molecule has 0 radical (unpaired) electrons. The standard InChI is InChI=1S/C25H35N3O3S/c1-26(2)14-8-16-28-21-10-6-7-11-23(21)32-24(25(28)29)20-18-19(30-5)12-13-22(20)31-17-9-15-27(3)4/h6-7,10-13,18,24H,8-9,14-17H2,1-5H3. The molecule has 1 atom stereocenters. The smallest absolute Gasteiger partial charge is 0.245 e. The summed E-state index contributed by atoms with van der Waals surface area (Å²) in [5.41, 5.74) is 1.87. The average Bonchev–Trinajstić information content (AvgIpc) is 2.77. The maximum absolute atomic E-state index is 13.7. The number of carbonyl (C=O) groups is 1. The number of rotatable bonds is 11. The summed E-state index contributed by atoms with van der Waals surface area (Å²) in [4.78, 5) is 21.1. The quantitative estimate of drug-likeness (QED) is 0.472. The van der Waals surface area contributed by atoms with Gasteiger partial charge in [-0.3, -0.25) is 4.79 Å². The number of carbonyl (C=O) groups excluding carboxylic acids is 1. The fourth-order valence-electron chi connectivity index (χ4n) is 3.74. The van der Waals surface area contributed by atoms with E-state index in [-0.39, 0.29) is 11.2 Å². The normalized spacial score (nSPS) is 15.9. The molecule has 1 aliphatic rings. The summed E-state index contributed by atoms with van der Waals surface area (Å²) in [5, 5.41) is -0.372. The van der Waals surface area contributed by atoms with E-state index in [9.17, 15) is 4.79 Å². The van der Waals surface area contributed by atoms with Crippen LogP contribution in [0, 0.1) is 0 Å². The number of amides is 1. The Morgan fingerprint density at radius 1 is 1.00 bits per heavy atom. The number of para-hydroxylation sites is 1. The summed E-state index contributed by atoms with van der Waals surface area (Å²) in [6.07, 6.45) is 1.83. The predicted octanol–water partition coefficient (Wildman–Crippen LogP) is 4.16. The van der Waals surface area contributed by atoms with Crippen molar-refractivity contribution in [2.24, 2.45) is 0 Å². The zero-order valence-electron chi connectivity index (χ0n) is 19.8. The number of fused-ring (bicyclic) bond motifs is 1. The zero-order chi connectivity index (χ0) is 23.1. The number of methoxy groups -OCH3 is 1. The van der Waals surface area contributed by atoms with Crippen molar-refractivity contribution in [2.45, 2.75) is 23.0 Å². The Balaban J connectivity index is 1.89. The van der Waals surface area contributed by atoms with Crippen LogP contribution in [-0.4, -0.2) is 77.2 Å². The summed E-state index contributed by atoms with van der Waals surface area (Å²) < 4.78 is 11.6. The van der Waals surface area contributed by atoms with E-state index in [0.717, 1.165) is 53.6 Å². The van der Waals surface area contributed by atoms with Gasteiger partial charge in [0.05, 0.1) is 19.4 Å². The van der Waals surface area contributed by atoms with Crippen molar-refractivity contribution in [1.29, 1.82) is 0 Å². The molecule has 0 spiro atoms. The van der Waals surface area contributed by atoms with E-state index in [1.54, 1.807) is 18.9 Å². The fourth-order valence-corrected chi connectivity index (χ4v) is 4.99. The molecule has 0 aromatic heterocycles. The van der Waals surface area contributed by atoms with Gasteiger partial charge >= 0.3 is 0 Å². The average molecular weight is 458 g/mol. The van der Waals surface area contributed by atoms with E-state index in [1.165, 1.54) is 0 Å². The molecule has 0 saturated heterocycles. The van der Waals surface area contributed by atoms with Crippen molar-refractivity contribution in [3.05, 3.63) is 48.0 Å². The molecular weight excluding hydrogens is 422 g/mol. The first-order chi connectivity index (χ1) is 15.4. The van der Waals surface area contributed by atoms with Gasteiger partial charge in [-0.05, 0) is 77.9 Å². The molecule has 2 aromatic carbocycles. The molecule has 1 heterocycles. The third kappa shape index (κ3) is 6.18. The molecular formula is C25H35N3O3S. The minimum Gasteiger partial charge on any atom is -0.497 e. The van der Waals surface area contributed by atoms with Crippen molar-refractivity contribution < 1.29 is 14.3 Å². The Labute approximate surface area is 196 Å². The number of hydrogen-bond donors (Lipinski definition) is 0. The lowest BCUT2D eigenvalue weighted by atomic mass is 10.1. The van der Waals surface area contributed by atoms with Gasteiger partial charge in [0, 0.05) is 23.5 Å². The van der Waals surface area contributed by atoms with E-state index < -0.39 is 0 Å². The van der Waals surface area contributed by atoms with E-state index in [1.807, 2.05) is 41.3 Å². The molecule has 7 heteroatoms. The Morgan fingerprint density at radius 2 is 1.72 bits per heavy atom. The lowest BCUT2D eigenvalue weighted by Crippen LogP contribution is -2.39. The molecule has 0 aliphatic carbocycles. The maximum Gasteiger partial charge on any atom is 0.245 e. The van der Waals surface area contributed by atoms with Gasteiger partial charge in [0.2, 0.25) is 5.91 Å². The van der Waals surface area contributed by atoms with Crippen LogP contribution in [0.2, 0.25) is 0 Å². The SMILES string of the molecule is COc1ccc(OCCCN(C)C)c(C2Sc3ccccc3N(CCCN(C)C)C2=O)c1. The summed E-state index contributed by atoms with van der Waals surface area (Å²) >= 11 is 1.59. The topological polar surface area (TPSA) is 45.3 Å². The van der Waals surface area contributed by atoms with Crippen LogP contribution in [0.1, 0.15) is 23.7 Å². The van der Waals surface area contributed by atoms with Gasteiger partial charge in [-0.15, -0.1) is 11.8 Å². The zero-order valence-corrected chi connectivity index (χ0v) is 20.7. The molecule has 32 heavy (non-hydrogen) atoms. The lowest BCUT2D eigenvalue weighted by Gasteiger charge is -2.34. The molecule has 2 aromatic rings. The molecule has 0 bridgehead atoms. The highest BCUT2D eigenvalue weighted by atomic mass is 32.2. The summed E-state index contributed by atoms with van der Waals surface area (Å²) in [6, 6.07) is 13.9. The predicted molar refractivity (Wildman–Crippen MR) is 132 cm³/mol. The van der Waals surface area contributed by atoms with E-state index in [2.05, 4.69) is 44.1 Å². The first-order valence-electron chi connectivity index (χ1n) is 11.1. The number of nitrogens with zero attached hydrogens (tertiary/aromatic N) is 3. The van der Waals surface area contributed by atoms with Gasteiger partial charge < -0.3 is 24.2 Å². The molecule has 0 fully saturated rings. The second-order valence-electron chi connectivity index (χ2n) is 8.52. The molecule has 0 saturated carbocycles. The first kappa shape index (κ1) is 24.4. The van der Waals surface area contributed by atoms with Gasteiger partial charge in [0.15, 0.2) is 0 Å². The van der Waals surface area contributed by atoms with Gasteiger partial charge in [0.25, 0.3) is 0 Å². The highest BCUT2D eigenvalue weighted by Crippen LogP contribution is 2.49. The monoisotopic (exact) mass is 457 g/mol. The lowest BCUT2D eigenvalue weighted by molar-refractivity contribution is -0.118. The molecule has 6 nitrogen and oxygen atoms in total. The Kier molecular flexibility index (Phi) is 8.84. The van der Waals surface area contributed by atoms with E-state index in [4.69, 9.17) is 9.47 Å². The molecule has 1 unspecified atom stereocenters. The maximum atomic E-state index is 13.7. The van der Waals surface area contributed by atoms with Crippen LogP contribution in [0.25, 0.3) is 0 Å². The van der Waals surface area contributed by atoms with Crippen molar-refractivity contribution in [1.82, 2.24) is 9.80 Å². The van der Waals surface area contributed by atoms with E-state index in [0.29, 0.717) is 13.2 Å². The summed E-state index contributed by atoms with van der Waals surface area (Å²) in [5.74, 6) is 1.58. The van der Waals surface area contributed by atoms with Crippen molar-refractivity contribution in [3.8, 4) is 11.5 Å². The molecule has 174 valence electrons. The number of thioether (sulfide) groups is 1.